The Hall–Kier alpha value is -3.10. The summed E-state index contributed by atoms with van der Waals surface area (Å²) in [4.78, 5) is 16.6. The molecule has 0 aliphatic carbocycles. The predicted octanol–water partition coefficient (Wildman–Crippen LogP) is 4.94. The maximum absolute atomic E-state index is 11.9. The Labute approximate surface area is 162 Å². The van der Waals surface area contributed by atoms with Gasteiger partial charge in [0, 0.05) is 11.1 Å². The third-order valence-corrected chi connectivity index (χ3v) is 5.14. The number of ether oxygens (including phenoxy) is 1. The molecular weight excluding hydrogens is 356 g/mol. The Morgan fingerprint density at radius 1 is 1.07 bits per heavy atom. The predicted molar refractivity (Wildman–Crippen MR) is 107 cm³/mol. The van der Waals surface area contributed by atoms with E-state index in [1.807, 2.05) is 66.7 Å². The van der Waals surface area contributed by atoms with Crippen molar-refractivity contribution in [2.75, 3.05) is 7.11 Å². The summed E-state index contributed by atoms with van der Waals surface area (Å²) in [6, 6.07) is 23.7. The Morgan fingerprint density at radius 2 is 1.67 bits per heavy atom. The molecule has 0 spiro atoms. The van der Waals surface area contributed by atoms with Crippen molar-refractivity contribution in [2.45, 2.75) is 17.2 Å². The van der Waals surface area contributed by atoms with Crippen molar-refractivity contribution in [1.82, 2.24) is 4.98 Å². The Morgan fingerprint density at radius 3 is 2.22 bits per heavy atom. The number of carbonyl (C=O) groups excluding carboxylic acids is 1. The van der Waals surface area contributed by atoms with E-state index >= 15 is 0 Å². The van der Waals surface area contributed by atoms with Gasteiger partial charge in [0.2, 0.25) is 0 Å². The van der Waals surface area contributed by atoms with E-state index in [4.69, 9.17) is 4.74 Å². The molecule has 134 valence electrons. The van der Waals surface area contributed by atoms with Crippen LogP contribution in [0.3, 0.4) is 0 Å². The van der Waals surface area contributed by atoms with E-state index < -0.39 is 5.25 Å². The first-order valence-electron chi connectivity index (χ1n) is 8.44. The van der Waals surface area contributed by atoms with E-state index in [-0.39, 0.29) is 5.97 Å². The number of nitrogens with zero attached hydrogens (tertiary/aromatic N) is 2. The molecule has 3 rings (SSSR count). The van der Waals surface area contributed by atoms with Gasteiger partial charge in [-0.1, -0.05) is 72.4 Å². The number of nitriles is 1. The molecule has 0 saturated carbocycles. The van der Waals surface area contributed by atoms with Crippen molar-refractivity contribution < 1.29 is 9.53 Å². The van der Waals surface area contributed by atoms with Crippen LogP contribution in [0.15, 0.2) is 71.8 Å². The van der Waals surface area contributed by atoms with Crippen LogP contribution in [0, 0.1) is 11.3 Å². The molecule has 0 N–H and O–H groups in total. The molecule has 1 aromatic heterocycles. The van der Waals surface area contributed by atoms with Gasteiger partial charge >= 0.3 is 5.97 Å². The maximum atomic E-state index is 11.9. The Balaban J connectivity index is 2.19. The van der Waals surface area contributed by atoms with E-state index in [9.17, 15) is 10.1 Å². The van der Waals surface area contributed by atoms with Gasteiger partial charge in [0.1, 0.15) is 16.3 Å². The van der Waals surface area contributed by atoms with Crippen LogP contribution in [0.1, 0.15) is 12.5 Å². The molecule has 0 fully saturated rings. The first-order valence-corrected chi connectivity index (χ1v) is 9.32. The highest BCUT2D eigenvalue weighted by Crippen LogP contribution is 2.35. The van der Waals surface area contributed by atoms with Crippen LogP contribution in [0.5, 0.6) is 0 Å². The molecule has 0 saturated heterocycles. The van der Waals surface area contributed by atoms with Gasteiger partial charge in [-0.2, -0.15) is 5.26 Å². The maximum Gasteiger partial charge on any atom is 0.318 e. The highest BCUT2D eigenvalue weighted by atomic mass is 32.2. The van der Waals surface area contributed by atoms with Crippen LogP contribution < -0.4 is 0 Å². The molecule has 27 heavy (non-hydrogen) atoms. The summed E-state index contributed by atoms with van der Waals surface area (Å²) in [5.41, 5.74) is 3.90. The molecule has 4 nitrogen and oxygen atoms in total. The molecule has 0 amide bonds. The Bertz CT molecular complexity index is 982. The van der Waals surface area contributed by atoms with Crippen molar-refractivity contribution >= 4 is 17.7 Å². The summed E-state index contributed by atoms with van der Waals surface area (Å²) >= 11 is 1.24. The van der Waals surface area contributed by atoms with E-state index in [1.165, 1.54) is 18.9 Å². The second-order valence-corrected chi connectivity index (χ2v) is 7.19. The molecule has 0 radical (unpaired) electrons. The SMILES string of the molecule is COC(=O)C(C)Sc1nc(-c2ccccc2)cc(-c2ccccc2)c1C#N. The van der Waals surface area contributed by atoms with Gasteiger partial charge in [0.25, 0.3) is 0 Å². The summed E-state index contributed by atoms with van der Waals surface area (Å²) < 4.78 is 4.82. The van der Waals surface area contributed by atoms with Crippen molar-refractivity contribution in [2.24, 2.45) is 0 Å². The molecule has 0 bridgehead atoms. The fourth-order valence-corrected chi connectivity index (χ4v) is 3.65. The van der Waals surface area contributed by atoms with Crippen LogP contribution >= 0.6 is 11.8 Å². The molecule has 3 aromatic rings. The third-order valence-electron chi connectivity index (χ3n) is 4.07. The zero-order chi connectivity index (χ0) is 19.2. The van der Waals surface area contributed by atoms with Gasteiger partial charge in [0.15, 0.2) is 0 Å². The highest BCUT2D eigenvalue weighted by molar-refractivity contribution is 8.00. The molecule has 0 aliphatic heterocycles. The minimum atomic E-state index is -0.468. The largest absolute Gasteiger partial charge is 0.468 e. The van der Waals surface area contributed by atoms with Gasteiger partial charge in [-0.05, 0) is 18.6 Å². The van der Waals surface area contributed by atoms with Crippen LogP contribution in [0.4, 0.5) is 0 Å². The normalized spacial score (nSPS) is 11.4. The average Bonchev–Trinajstić information content (AvgIpc) is 2.73. The summed E-state index contributed by atoms with van der Waals surface area (Å²) in [7, 11) is 1.35. The number of benzene rings is 2. The highest BCUT2D eigenvalue weighted by Gasteiger charge is 2.21. The fraction of sp³-hybridized carbons (Fsp3) is 0.136. The number of hydrogen-bond acceptors (Lipinski definition) is 5. The van der Waals surface area contributed by atoms with E-state index in [2.05, 4.69) is 11.1 Å². The molecule has 2 aromatic carbocycles. The van der Waals surface area contributed by atoms with Crippen LogP contribution in [0.25, 0.3) is 22.4 Å². The number of hydrogen-bond donors (Lipinski definition) is 0. The molecule has 1 atom stereocenters. The monoisotopic (exact) mass is 374 g/mol. The molecular formula is C22H18N2O2S. The first kappa shape index (κ1) is 18.7. The first-order chi connectivity index (χ1) is 13.1. The molecule has 0 aliphatic rings. The minimum absolute atomic E-state index is 0.350. The standard InChI is InChI=1S/C22H18N2O2S/c1-15(22(25)26-2)27-21-19(14-23)18(16-9-5-3-6-10-16)13-20(24-21)17-11-7-4-8-12-17/h3-13,15H,1-2H3. The molecule has 5 heteroatoms. The second kappa shape index (κ2) is 8.52. The third kappa shape index (κ3) is 4.18. The summed E-state index contributed by atoms with van der Waals surface area (Å²) in [6.07, 6.45) is 0. The van der Waals surface area contributed by atoms with E-state index in [1.54, 1.807) is 6.92 Å². The Kier molecular flexibility index (Phi) is 5.90. The van der Waals surface area contributed by atoms with Gasteiger partial charge in [-0.25, -0.2) is 4.98 Å². The van der Waals surface area contributed by atoms with E-state index in [0.717, 1.165) is 22.4 Å². The lowest BCUT2D eigenvalue weighted by atomic mass is 9.99. The van der Waals surface area contributed by atoms with Crippen molar-refractivity contribution in [3.8, 4) is 28.5 Å². The average molecular weight is 374 g/mol. The number of methoxy groups -OCH3 is 1. The van der Waals surface area contributed by atoms with Gasteiger partial charge in [0.05, 0.1) is 18.4 Å². The number of esters is 1. The smallest absolute Gasteiger partial charge is 0.318 e. The summed E-state index contributed by atoms with van der Waals surface area (Å²) in [5, 5.41) is 9.87. The van der Waals surface area contributed by atoms with Crippen LogP contribution in [-0.4, -0.2) is 23.3 Å². The lowest BCUT2D eigenvalue weighted by molar-refractivity contribution is -0.139. The van der Waals surface area contributed by atoms with Crippen LogP contribution in [-0.2, 0) is 9.53 Å². The fourth-order valence-electron chi connectivity index (χ4n) is 2.70. The minimum Gasteiger partial charge on any atom is -0.468 e. The lowest BCUT2D eigenvalue weighted by Gasteiger charge is -2.14. The van der Waals surface area contributed by atoms with Crippen molar-refractivity contribution in [3.63, 3.8) is 0 Å². The quantitative estimate of drug-likeness (QED) is 0.467. The number of aromatic nitrogens is 1. The molecule has 1 heterocycles. The zero-order valence-electron chi connectivity index (χ0n) is 15.0. The number of carbonyl (C=O) groups is 1. The van der Waals surface area contributed by atoms with Gasteiger partial charge in [-0.3, -0.25) is 4.79 Å². The lowest BCUT2D eigenvalue weighted by Crippen LogP contribution is -2.15. The summed E-state index contributed by atoms with van der Waals surface area (Å²) in [6.45, 7) is 1.75. The molecule has 1 unspecified atom stereocenters. The second-order valence-electron chi connectivity index (χ2n) is 5.86. The van der Waals surface area contributed by atoms with Crippen molar-refractivity contribution in [1.29, 1.82) is 5.26 Å². The van der Waals surface area contributed by atoms with Crippen molar-refractivity contribution in [3.05, 3.63) is 72.3 Å². The zero-order valence-corrected chi connectivity index (χ0v) is 15.9. The van der Waals surface area contributed by atoms with E-state index in [0.29, 0.717) is 10.6 Å². The summed E-state index contributed by atoms with van der Waals surface area (Å²) in [5.74, 6) is -0.350. The number of rotatable bonds is 5. The number of pyridine rings is 1. The number of thioether (sulfide) groups is 1. The van der Waals surface area contributed by atoms with Crippen LogP contribution in [0.2, 0.25) is 0 Å². The van der Waals surface area contributed by atoms with Gasteiger partial charge in [-0.15, -0.1) is 0 Å². The topological polar surface area (TPSA) is 63.0 Å². The van der Waals surface area contributed by atoms with Gasteiger partial charge < -0.3 is 4.74 Å².